The molecule has 0 saturated carbocycles. The summed E-state index contributed by atoms with van der Waals surface area (Å²) in [4.78, 5) is 0. The van der Waals surface area contributed by atoms with Gasteiger partial charge in [-0.2, -0.15) is 11.1 Å². The zero-order valence-corrected chi connectivity index (χ0v) is 8.40. The summed E-state index contributed by atoms with van der Waals surface area (Å²) in [5, 5.41) is 0. The van der Waals surface area contributed by atoms with Crippen molar-refractivity contribution in [1.82, 2.24) is 0 Å². The van der Waals surface area contributed by atoms with Crippen LogP contribution in [0.4, 0.5) is 0 Å². The lowest BCUT2D eigenvalue weighted by atomic mass is 10.4. The van der Waals surface area contributed by atoms with Gasteiger partial charge in [0.2, 0.25) is 0 Å². The zero-order valence-electron chi connectivity index (χ0n) is 6.49. The Hall–Kier alpha value is 0.507. The van der Waals surface area contributed by atoms with Gasteiger partial charge in [-0.3, -0.25) is 0 Å². The topological polar surface area (TPSA) is 0 Å². The van der Waals surface area contributed by atoms with Crippen molar-refractivity contribution >= 4 is 19.2 Å². The fourth-order valence-electron chi connectivity index (χ4n) is 0.883. The van der Waals surface area contributed by atoms with Crippen LogP contribution in [-0.4, -0.2) is 8.11 Å². The highest BCUT2D eigenvalue weighted by molar-refractivity contribution is 7.06. The van der Waals surface area contributed by atoms with Crippen LogP contribution in [0.1, 0.15) is 33.1 Å². The maximum atomic E-state index is 6.10. The summed E-state index contributed by atoms with van der Waals surface area (Å²) in [5.41, 5.74) is 0. The van der Waals surface area contributed by atoms with Crippen LogP contribution in [0, 0.1) is 0 Å². The van der Waals surface area contributed by atoms with Gasteiger partial charge in [-0.05, 0) is 12.1 Å². The van der Waals surface area contributed by atoms with Crippen LogP contribution in [0.25, 0.3) is 0 Å². The van der Waals surface area contributed by atoms with Gasteiger partial charge in [0.25, 0.3) is 0 Å². The first kappa shape index (κ1) is 9.51. The number of halogens is 1. The Kier molecular flexibility index (Phi) is 7.00. The third kappa shape index (κ3) is 6.39. The first-order valence-electron chi connectivity index (χ1n) is 3.95. The van der Waals surface area contributed by atoms with E-state index in [-0.39, 0.29) is 0 Å². The minimum absolute atomic E-state index is 0.748. The molecule has 0 aliphatic heterocycles. The normalized spacial score (nSPS) is 13.7. The average molecular weight is 165 g/mol. The lowest BCUT2D eigenvalue weighted by molar-refractivity contribution is 0.872. The van der Waals surface area contributed by atoms with Crippen molar-refractivity contribution in [3.8, 4) is 0 Å². The Morgan fingerprint density at radius 1 is 1.11 bits per heavy atom. The van der Waals surface area contributed by atoms with E-state index in [0.717, 1.165) is 0 Å². The smallest absolute Gasteiger partial charge is 0.141 e. The summed E-state index contributed by atoms with van der Waals surface area (Å²) < 4.78 is 0. The van der Waals surface area contributed by atoms with Gasteiger partial charge in [0.05, 0.1) is 0 Å². The van der Waals surface area contributed by atoms with Crippen molar-refractivity contribution in [2.75, 3.05) is 0 Å². The molecule has 0 nitrogen and oxygen atoms in total. The van der Waals surface area contributed by atoms with Gasteiger partial charge in [0.15, 0.2) is 0 Å². The second-order valence-corrected chi connectivity index (χ2v) is 6.73. The van der Waals surface area contributed by atoms with Crippen molar-refractivity contribution in [3.05, 3.63) is 0 Å². The monoisotopic (exact) mass is 164 g/mol. The molecule has 0 fully saturated rings. The van der Waals surface area contributed by atoms with Gasteiger partial charge in [0, 0.05) is 0 Å². The van der Waals surface area contributed by atoms with E-state index in [0.29, 0.717) is 0 Å². The highest BCUT2D eigenvalue weighted by atomic mass is 35.6. The molecule has 1 unspecified atom stereocenters. The van der Waals surface area contributed by atoms with Crippen molar-refractivity contribution in [3.63, 3.8) is 0 Å². The summed E-state index contributed by atoms with van der Waals surface area (Å²) in [5.74, 6) is 0. The highest BCUT2D eigenvalue weighted by Gasteiger charge is 2.02. The maximum absolute atomic E-state index is 6.10. The molecule has 0 amide bonds. The SMILES string of the molecule is CCCC[SiH](Cl)CCC. The molecule has 0 aliphatic rings. The van der Waals surface area contributed by atoms with E-state index in [4.69, 9.17) is 11.1 Å². The van der Waals surface area contributed by atoms with Crippen molar-refractivity contribution < 1.29 is 0 Å². The Morgan fingerprint density at radius 2 is 1.78 bits per heavy atom. The number of unbranched alkanes of at least 4 members (excludes halogenated alkanes) is 1. The molecular formula is C7H17ClSi. The molecule has 0 bridgehead atoms. The van der Waals surface area contributed by atoms with Gasteiger partial charge >= 0.3 is 0 Å². The first-order chi connectivity index (χ1) is 4.31. The van der Waals surface area contributed by atoms with Crippen LogP contribution in [0.15, 0.2) is 0 Å². The molecule has 0 aliphatic carbocycles. The summed E-state index contributed by atoms with van der Waals surface area (Å²) in [7, 11) is -0.748. The molecule has 56 valence electrons. The third-order valence-electron chi connectivity index (χ3n) is 1.47. The van der Waals surface area contributed by atoms with E-state index in [1.165, 1.54) is 31.4 Å². The highest BCUT2D eigenvalue weighted by Crippen LogP contribution is 2.10. The molecule has 0 heterocycles. The Labute approximate surface area is 64.9 Å². The zero-order chi connectivity index (χ0) is 7.11. The lowest BCUT2D eigenvalue weighted by Crippen LogP contribution is -2.00. The molecule has 9 heavy (non-hydrogen) atoms. The predicted molar refractivity (Wildman–Crippen MR) is 47.8 cm³/mol. The lowest BCUT2D eigenvalue weighted by Gasteiger charge is -2.02. The van der Waals surface area contributed by atoms with E-state index in [1.807, 2.05) is 0 Å². The van der Waals surface area contributed by atoms with Gasteiger partial charge in [-0.15, -0.1) is 0 Å². The molecular weight excluding hydrogens is 148 g/mol. The van der Waals surface area contributed by atoms with Crippen LogP contribution in [0.3, 0.4) is 0 Å². The van der Waals surface area contributed by atoms with Crippen LogP contribution in [0.5, 0.6) is 0 Å². The van der Waals surface area contributed by atoms with Crippen molar-refractivity contribution in [1.29, 1.82) is 0 Å². The molecule has 0 aromatic heterocycles. The second-order valence-electron chi connectivity index (χ2n) is 2.53. The third-order valence-corrected chi connectivity index (χ3v) is 5.02. The number of rotatable bonds is 5. The van der Waals surface area contributed by atoms with Gasteiger partial charge in [0.1, 0.15) is 8.11 Å². The molecule has 0 radical (unpaired) electrons. The maximum Gasteiger partial charge on any atom is 0.141 e. The average Bonchev–Trinajstić information content (AvgIpc) is 1.85. The van der Waals surface area contributed by atoms with E-state index < -0.39 is 8.11 Å². The van der Waals surface area contributed by atoms with E-state index in [9.17, 15) is 0 Å². The molecule has 0 N–H and O–H groups in total. The molecule has 0 aromatic carbocycles. The summed E-state index contributed by atoms with van der Waals surface area (Å²) >= 11 is 6.10. The molecule has 0 aromatic rings. The van der Waals surface area contributed by atoms with Crippen molar-refractivity contribution in [2.24, 2.45) is 0 Å². The van der Waals surface area contributed by atoms with E-state index in [1.54, 1.807) is 0 Å². The molecule has 0 rings (SSSR count). The van der Waals surface area contributed by atoms with Crippen LogP contribution >= 0.6 is 11.1 Å². The van der Waals surface area contributed by atoms with Crippen LogP contribution in [-0.2, 0) is 0 Å². The summed E-state index contributed by atoms with van der Waals surface area (Å²) in [6.45, 7) is 4.44. The quantitative estimate of drug-likeness (QED) is 0.433. The Balaban J connectivity index is 2.95. The number of hydrogen-bond donors (Lipinski definition) is 0. The van der Waals surface area contributed by atoms with Gasteiger partial charge in [-0.25, -0.2) is 0 Å². The second kappa shape index (κ2) is 6.62. The molecule has 2 heteroatoms. The molecule has 1 atom stereocenters. The fourth-order valence-corrected chi connectivity index (χ4v) is 3.77. The van der Waals surface area contributed by atoms with Gasteiger partial charge < -0.3 is 0 Å². The van der Waals surface area contributed by atoms with Gasteiger partial charge in [-0.1, -0.05) is 33.1 Å². The fraction of sp³-hybridized carbons (Fsp3) is 1.00. The standard InChI is InChI=1S/C7H17ClSi/c1-3-5-7-9(8)6-4-2/h9H,3-7H2,1-2H3. The summed E-state index contributed by atoms with van der Waals surface area (Å²) in [6.07, 6.45) is 3.93. The minimum Gasteiger partial charge on any atom is -0.172 e. The molecule has 0 saturated heterocycles. The van der Waals surface area contributed by atoms with Crippen LogP contribution < -0.4 is 0 Å². The largest absolute Gasteiger partial charge is 0.172 e. The van der Waals surface area contributed by atoms with E-state index in [2.05, 4.69) is 13.8 Å². The Morgan fingerprint density at radius 3 is 2.22 bits per heavy atom. The predicted octanol–water partition coefficient (Wildman–Crippen LogP) is 3.16. The number of hydrogen-bond acceptors (Lipinski definition) is 0. The first-order valence-corrected chi connectivity index (χ1v) is 7.33. The molecule has 0 spiro atoms. The Bertz CT molecular complexity index is 56.9. The van der Waals surface area contributed by atoms with Crippen molar-refractivity contribution in [2.45, 2.75) is 45.2 Å². The van der Waals surface area contributed by atoms with E-state index >= 15 is 0 Å². The summed E-state index contributed by atoms with van der Waals surface area (Å²) in [6, 6.07) is 2.66. The van der Waals surface area contributed by atoms with Crippen LogP contribution in [0.2, 0.25) is 12.1 Å². The minimum atomic E-state index is -0.748.